The van der Waals surface area contributed by atoms with E-state index in [2.05, 4.69) is 10.3 Å². The monoisotopic (exact) mass is 516 g/mol. The molecule has 2 aromatic carbocycles. The average molecular weight is 517 g/mol. The van der Waals surface area contributed by atoms with Crippen molar-refractivity contribution in [2.45, 2.75) is 27.7 Å². The van der Waals surface area contributed by atoms with Crippen molar-refractivity contribution in [2.24, 2.45) is 4.99 Å². The fraction of sp³-hybridized carbons (Fsp3) is 0.240. The van der Waals surface area contributed by atoms with E-state index in [1.54, 1.807) is 6.07 Å². The Hall–Kier alpha value is -3.05. The third kappa shape index (κ3) is 6.76. The molecule has 3 rings (SSSR count). The van der Waals surface area contributed by atoms with Gasteiger partial charge in [-0.1, -0.05) is 12.1 Å². The Bertz CT molecular complexity index is 1280. The molecular formula is C25H28N2O6S2. The van der Waals surface area contributed by atoms with Crippen molar-refractivity contribution < 1.29 is 25.9 Å². The molecule has 8 nitrogen and oxygen atoms in total. The molecule has 1 aliphatic rings. The van der Waals surface area contributed by atoms with Crippen molar-refractivity contribution in [1.29, 1.82) is 0 Å². The average Bonchev–Trinajstić information content (AvgIpc) is 2.78. The van der Waals surface area contributed by atoms with E-state index in [1.807, 2.05) is 64.1 Å². The van der Waals surface area contributed by atoms with Gasteiger partial charge in [0.15, 0.2) is 5.75 Å². The third-order valence-electron chi connectivity index (χ3n) is 5.25. The minimum atomic E-state index is -2.63. The van der Waals surface area contributed by atoms with Crippen LogP contribution in [-0.4, -0.2) is 36.3 Å². The number of hydrogen-bond acceptors (Lipinski definition) is 6. The van der Waals surface area contributed by atoms with Gasteiger partial charge in [0, 0.05) is 30.4 Å². The lowest BCUT2D eigenvalue weighted by molar-refractivity contribution is 0.449. The van der Waals surface area contributed by atoms with E-state index in [9.17, 15) is 13.0 Å². The number of allylic oxidation sites excluding steroid dienone is 5. The molecule has 0 fully saturated rings. The Balaban J connectivity index is 2.29. The lowest BCUT2D eigenvalue weighted by atomic mass is 9.88. The van der Waals surface area contributed by atoms with Gasteiger partial charge >= 0.3 is 22.7 Å². The van der Waals surface area contributed by atoms with Gasteiger partial charge in [-0.25, -0.2) is 0 Å². The highest BCUT2D eigenvalue weighted by Crippen LogP contribution is 2.39. The van der Waals surface area contributed by atoms with Gasteiger partial charge in [0.2, 0.25) is 0 Å². The molecule has 2 atom stereocenters. The van der Waals surface area contributed by atoms with Crippen LogP contribution >= 0.6 is 0 Å². The zero-order valence-corrected chi connectivity index (χ0v) is 21.5. The van der Waals surface area contributed by atoms with Gasteiger partial charge in [0.05, 0.1) is 5.71 Å². The van der Waals surface area contributed by atoms with Crippen LogP contribution in [0.3, 0.4) is 0 Å². The minimum absolute atomic E-state index is 0.0151. The second kappa shape index (κ2) is 12.1. The molecule has 0 aliphatic heterocycles. The Kier molecular flexibility index (Phi) is 9.16. The lowest BCUT2D eigenvalue weighted by Crippen LogP contribution is -2.07. The number of nitrogens with zero attached hydrogens (tertiary/aromatic N) is 1. The molecule has 0 saturated carbocycles. The van der Waals surface area contributed by atoms with E-state index in [0.717, 1.165) is 45.8 Å². The van der Waals surface area contributed by atoms with Crippen molar-refractivity contribution in [3.8, 4) is 11.5 Å². The minimum Gasteiger partial charge on any atom is -0.385 e. The number of nitrogens with one attached hydrogen (secondary N) is 1. The summed E-state index contributed by atoms with van der Waals surface area (Å²) >= 11 is -5.19. The van der Waals surface area contributed by atoms with Gasteiger partial charge in [-0.05, 0) is 92.0 Å². The first-order valence-electron chi connectivity index (χ1n) is 11.0. The first kappa shape index (κ1) is 26.6. The molecular weight excluding hydrogens is 488 g/mol. The van der Waals surface area contributed by atoms with Crippen LogP contribution in [0.4, 0.5) is 5.69 Å². The predicted molar refractivity (Wildman–Crippen MR) is 141 cm³/mol. The molecule has 0 aromatic heterocycles. The third-order valence-corrected chi connectivity index (χ3v) is 5.90. The van der Waals surface area contributed by atoms with Crippen molar-refractivity contribution >= 4 is 39.7 Å². The highest BCUT2D eigenvalue weighted by molar-refractivity contribution is 7.74. The van der Waals surface area contributed by atoms with Crippen LogP contribution < -0.4 is 13.7 Å². The fourth-order valence-electron chi connectivity index (χ4n) is 3.83. The van der Waals surface area contributed by atoms with Crippen molar-refractivity contribution in [2.75, 3.05) is 18.4 Å². The van der Waals surface area contributed by atoms with Gasteiger partial charge in [0.25, 0.3) is 0 Å². The standard InChI is InChI=1S/C25H28N2O6S2/c1-5-26-22-11-7-18(13-16(22)3)25(19-8-12-23(27-6-2)17(4)14-19)21-10-9-20(32-34(28)29)15-24(21)33-35(30)31/h7-15,26H,5-6H2,1-4H3,(H,28,29)(H,30,31)/b25-19+,27-23?. The first-order valence-corrected chi connectivity index (χ1v) is 13.0. The maximum Gasteiger partial charge on any atom is 0.357 e. The van der Waals surface area contributed by atoms with E-state index < -0.39 is 22.7 Å². The molecule has 10 heteroatoms. The smallest absolute Gasteiger partial charge is 0.357 e. The van der Waals surface area contributed by atoms with Crippen molar-refractivity contribution in [3.63, 3.8) is 0 Å². The molecule has 2 unspecified atom stereocenters. The van der Waals surface area contributed by atoms with E-state index in [1.165, 1.54) is 12.1 Å². The molecule has 2 aromatic rings. The van der Waals surface area contributed by atoms with Gasteiger partial charge in [-0.2, -0.15) is 8.42 Å². The quantitative estimate of drug-likeness (QED) is 0.390. The van der Waals surface area contributed by atoms with Crippen molar-refractivity contribution in [3.05, 3.63) is 82.5 Å². The summed E-state index contributed by atoms with van der Waals surface area (Å²) in [6.07, 6.45) is 5.88. The summed E-state index contributed by atoms with van der Waals surface area (Å²) in [6, 6.07) is 10.4. The summed E-state index contributed by atoms with van der Waals surface area (Å²) in [5.74, 6) is 0.0403. The number of rotatable bonds is 9. The predicted octanol–water partition coefficient (Wildman–Crippen LogP) is 5.24. The number of hydrogen-bond donors (Lipinski definition) is 3. The van der Waals surface area contributed by atoms with Crippen LogP contribution in [0.25, 0.3) is 5.57 Å². The van der Waals surface area contributed by atoms with Gasteiger partial charge in [0.1, 0.15) is 5.75 Å². The summed E-state index contributed by atoms with van der Waals surface area (Å²) in [4.78, 5) is 4.51. The Labute approximate surface area is 210 Å². The molecule has 0 amide bonds. The van der Waals surface area contributed by atoms with Crippen LogP contribution in [0.5, 0.6) is 11.5 Å². The number of aryl methyl sites for hydroxylation is 1. The van der Waals surface area contributed by atoms with Crippen LogP contribution in [0, 0.1) is 6.92 Å². The van der Waals surface area contributed by atoms with E-state index in [4.69, 9.17) is 12.9 Å². The zero-order chi connectivity index (χ0) is 25.5. The maximum absolute atomic E-state index is 11.6. The lowest BCUT2D eigenvalue weighted by Gasteiger charge is -2.19. The molecule has 0 radical (unpaired) electrons. The van der Waals surface area contributed by atoms with Crippen molar-refractivity contribution in [1.82, 2.24) is 0 Å². The Morgan fingerprint density at radius 3 is 2.34 bits per heavy atom. The van der Waals surface area contributed by atoms with Crippen LogP contribution in [-0.2, 0) is 22.7 Å². The topological polar surface area (TPSA) is 117 Å². The zero-order valence-electron chi connectivity index (χ0n) is 19.9. The second-order valence-electron chi connectivity index (χ2n) is 7.67. The number of anilines is 1. The maximum atomic E-state index is 11.6. The summed E-state index contributed by atoms with van der Waals surface area (Å²) in [5.41, 5.74) is 6.87. The summed E-state index contributed by atoms with van der Waals surface area (Å²) in [7, 11) is 0. The highest BCUT2D eigenvalue weighted by atomic mass is 32.2. The molecule has 0 heterocycles. The van der Waals surface area contributed by atoms with Gasteiger partial charge in [-0.15, -0.1) is 0 Å². The Morgan fingerprint density at radius 1 is 1.00 bits per heavy atom. The number of benzene rings is 2. The molecule has 186 valence electrons. The summed E-state index contributed by atoms with van der Waals surface area (Å²) < 4.78 is 51.3. The SMILES string of the molecule is CCN=C1C=C/C(=C(/c2ccc(NCC)c(C)c2)c2ccc(OS(=O)O)cc2OS(=O)O)C=C1C. The Morgan fingerprint density at radius 2 is 1.74 bits per heavy atom. The van der Waals surface area contributed by atoms with Crippen LogP contribution in [0.2, 0.25) is 0 Å². The van der Waals surface area contributed by atoms with E-state index >= 15 is 0 Å². The normalized spacial score (nSPS) is 17.5. The van der Waals surface area contributed by atoms with Gasteiger partial charge in [-0.3, -0.25) is 14.1 Å². The molecule has 0 spiro atoms. The fourth-order valence-corrected chi connectivity index (χ4v) is 4.39. The molecule has 0 bridgehead atoms. The van der Waals surface area contributed by atoms with E-state index in [-0.39, 0.29) is 11.5 Å². The largest absolute Gasteiger partial charge is 0.385 e. The first-order chi connectivity index (χ1) is 16.7. The molecule has 35 heavy (non-hydrogen) atoms. The second-order valence-corrected chi connectivity index (χ2v) is 8.87. The number of aliphatic imine (C=N–C) groups is 1. The van der Waals surface area contributed by atoms with Crippen LogP contribution in [0.15, 0.2) is 70.8 Å². The molecule has 1 aliphatic carbocycles. The summed E-state index contributed by atoms with van der Waals surface area (Å²) in [6.45, 7) is 9.42. The molecule has 0 saturated heterocycles. The van der Waals surface area contributed by atoms with Gasteiger partial charge < -0.3 is 13.7 Å². The van der Waals surface area contributed by atoms with E-state index in [0.29, 0.717) is 12.1 Å². The molecule has 3 N–H and O–H groups in total. The van der Waals surface area contributed by atoms with Crippen LogP contribution in [0.1, 0.15) is 37.5 Å². The highest BCUT2D eigenvalue weighted by Gasteiger charge is 2.20. The summed E-state index contributed by atoms with van der Waals surface area (Å²) in [5, 5.41) is 3.33.